The Labute approximate surface area is 169 Å². The van der Waals surface area contributed by atoms with Gasteiger partial charge >= 0.3 is 0 Å². The van der Waals surface area contributed by atoms with Gasteiger partial charge in [0.2, 0.25) is 16.2 Å². The van der Waals surface area contributed by atoms with Crippen molar-refractivity contribution in [3.05, 3.63) is 53.3 Å². The Bertz CT molecular complexity index is 956. The number of carbonyl (C=O) groups excluding carboxylic acids is 1. The molecule has 1 atom stereocenters. The van der Waals surface area contributed by atoms with Crippen LogP contribution in [-0.4, -0.2) is 33.8 Å². The van der Waals surface area contributed by atoms with Crippen LogP contribution >= 0.6 is 11.3 Å². The minimum absolute atomic E-state index is 0.0484. The summed E-state index contributed by atoms with van der Waals surface area (Å²) >= 11 is 1.56. The van der Waals surface area contributed by atoms with E-state index >= 15 is 0 Å². The first-order chi connectivity index (χ1) is 13.5. The van der Waals surface area contributed by atoms with E-state index in [0.717, 1.165) is 46.5 Å². The molecule has 0 radical (unpaired) electrons. The van der Waals surface area contributed by atoms with Crippen LogP contribution in [0.1, 0.15) is 29.5 Å². The Balaban J connectivity index is 1.46. The summed E-state index contributed by atoms with van der Waals surface area (Å²) in [5, 5.41) is 13.5. The molecule has 28 heavy (non-hydrogen) atoms. The van der Waals surface area contributed by atoms with Gasteiger partial charge in [-0.15, -0.1) is 10.2 Å². The zero-order valence-corrected chi connectivity index (χ0v) is 17.3. The number of aromatic nitrogens is 3. The van der Waals surface area contributed by atoms with Crippen LogP contribution in [0.3, 0.4) is 0 Å². The Morgan fingerprint density at radius 2 is 1.79 bits per heavy atom. The van der Waals surface area contributed by atoms with Crippen molar-refractivity contribution in [1.29, 1.82) is 0 Å². The maximum Gasteiger partial charge on any atom is 0.229 e. The Hall–Kier alpha value is -2.67. The quantitative estimate of drug-likeness (QED) is 0.722. The summed E-state index contributed by atoms with van der Waals surface area (Å²) in [4.78, 5) is 15.1. The number of piperidine rings is 1. The smallest absolute Gasteiger partial charge is 0.229 e. The maximum atomic E-state index is 13.0. The number of aryl methyl sites for hydroxylation is 3. The van der Waals surface area contributed by atoms with E-state index in [1.54, 1.807) is 11.3 Å². The number of anilines is 2. The molecule has 1 amide bonds. The summed E-state index contributed by atoms with van der Waals surface area (Å²) in [7, 11) is 0. The average molecular weight is 396 g/mol. The van der Waals surface area contributed by atoms with Gasteiger partial charge < -0.3 is 10.2 Å². The SMILES string of the molecule is Cc1cc(C)c(NC(=O)[C@H]2CCCN(c3nnc(-n4cccc4)s3)C2)c(C)c1. The third-order valence-corrected chi connectivity index (χ3v) is 6.21. The van der Waals surface area contributed by atoms with E-state index in [2.05, 4.69) is 39.5 Å². The molecule has 1 aliphatic rings. The Morgan fingerprint density at radius 3 is 2.50 bits per heavy atom. The van der Waals surface area contributed by atoms with Crippen molar-refractivity contribution >= 4 is 28.1 Å². The van der Waals surface area contributed by atoms with Gasteiger partial charge in [0.1, 0.15) is 0 Å². The zero-order valence-electron chi connectivity index (χ0n) is 16.5. The van der Waals surface area contributed by atoms with E-state index in [0.29, 0.717) is 6.54 Å². The third kappa shape index (κ3) is 3.80. The van der Waals surface area contributed by atoms with Crippen molar-refractivity contribution in [2.75, 3.05) is 23.3 Å². The second-order valence-corrected chi connectivity index (χ2v) is 8.44. The molecule has 1 fully saturated rings. The van der Waals surface area contributed by atoms with Gasteiger partial charge in [-0.3, -0.25) is 9.36 Å². The van der Waals surface area contributed by atoms with Crippen LogP contribution in [0.15, 0.2) is 36.7 Å². The van der Waals surface area contributed by atoms with Crippen molar-refractivity contribution < 1.29 is 4.79 Å². The van der Waals surface area contributed by atoms with E-state index in [1.165, 1.54) is 5.56 Å². The van der Waals surface area contributed by atoms with Crippen LogP contribution < -0.4 is 10.2 Å². The maximum absolute atomic E-state index is 13.0. The molecule has 0 saturated carbocycles. The number of benzene rings is 1. The number of rotatable bonds is 4. The second kappa shape index (κ2) is 7.75. The highest BCUT2D eigenvalue weighted by Gasteiger charge is 2.28. The lowest BCUT2D eigenvalue weighted by molar-refractivity contribution is -0.120. The summed E-state index contributed by atoms with van der Waals surface area (Å²) in [6.07, 6.45) is 5.80. The lowest BCUT2D eigenvalue weighted by Crippen LogP contribution is -2.40. The molecule has 146 valence electrons. The summed E-state index contributed by atoms with van der Waals surface area (Å²) in [5.74, 6) is 0.0442. The van der Waals surface area contributed by atoms with Crippen LogP contribution in [0.2, 0.25) is 0 Å². The molecule has 4 rings (SSSR count). The fourth-order valence-electron chi connectivity index (χ4n) is 3.87. The molecule has 0 aliphatic carbocycles. The molecule has 2 aromatic heterocycles. The van der Waals surface area contributed by atoms with Crippen LogP contribution in [0, 0.1) is 26.7 Å². The molecular weight excluding hydrogens is 370 g/mol. The first kappa shape index (κ1) is 18.7. The molecule has 1 N–H and O–H groups in total. The zero-order chi connectivity index (χ0) is 19.7. The van der Waals surface area contributed by atoms with Crippen LogP contribution in [-0.2, 0) is 4.79 Å². The van der Waals surface area contributed by atoms with Gasteiger partial charge in [0.25, 0.3) is 0 Å². The number of nitrogens with one attached hydrogen (secondary N) is 1. The summed E-state index contributed by atoms with van der Waals surface area (Å²) in [6.45, 7) is 7.76. The topological polar surface area (TPSA) is 63.1 Å². The predicted octanol–water partition coefficient (Wildman–Crippen LogP) is 4.11. The molecule has 1 aliphatic heterocycles. The van der Waals surface area contributed by atoms with Crippen LogP contribution in [0.4, 0.5) is 10.8 Å². The summed E-state index contributed by atoms with van der Waals surface area (Å²) in [5.41, 5.74) is 4.38. The van der Waals surface area contributed by atoms with Gasteiger partial charge in [-0.1, -0.05) is 29.0 Å². The average Bonchev–Trinajstić information content (AvgIpc) is 3.36. The lowest BCUT2D eigenvalue weighted by atomic mass is 9.96. The van der Waals surface area contributed by atoms with E-state index in [9.17, 15) is 4.79 Å². The summed E-state index contributed by atoms with van der Waals surface area (Å²) in [6, 6.07) is 8.16. The third-order valence-electron chi connectivity index (χ3n) is 5.22. The molecule has 0 bridgehead atoms. The molecule has 0 unspecified atom stereocenters. The van der Waals surface area contributed by atoms with Gasteiger partial charge in [-0.2, -0.15) is 0 Å². The number of amides is 1. The van der Waals surface area contributed by atoms with Gasteiger partial charge in [0.15, 0.2) is 0 Å². The molecule has 3 aromatic rings. The van der Waals surface area contributed by atoms with Crippen molar-refractivity contribution in [2.45, 2.75) is 33.6 Å². The van der Waals surface area contributed by atoms with E-state index in [-0.39, 0.29) is 11.8 Å². The van der Waals surface area contributed by atoms with Crippen LogP contribution in [0.25, 0.3) is 5.13 Å². The highest BCUT2D eigenvalue weighted by Crippen LogP contribution is 2.29. The van der Waals surface area contributed by atoms with E-state index in [4.69, 9.17) is 0 Å². The largest absolute Gasteiger partial charge is 0.346 e. The second-order valence-electron chi connectivity index (χ2n) is 7.51. The minimum Gasteiger partial charge on any atom is -0.346 e. The highest BCUT2D eigenvalue weighted by molar-refractivity contribution is 7.17. The van der Waals surface area contributed by atoms with Gasteiger partial charge in [-0.05, 0) is 56.9 Å². The fourth-order valence-corrected chi connectivity index (χ4v) is 4.72. The van der Waals surface area contributed by atoms with Crippen molar-refractivity contribution in [1.82, 2.24) is 14.8 Å². The van der Waals surface area contributed by atoms with Gasteiger partial charge in [0.05, 0.1) is 5.92 Å². The van der Waals surface area contributed by atoms with Crippen molar-refractivity contribution in [3.63, 3.8) is 0 Å². The molecule has 3 heterocycles. The van der Waals surface area contributed by atoms with Crippen molar-refractivity contribution in [2.24, 2.45) is 5.92 Å². The molecular formula is C21H25N5OS. The molecule has 1 aromatic carbocycles. The molecule has 0 spiro atoms. The number of carbonyl (C=O) groups is 1. The monoisotopic (exact) mass is 395 g/mol. The minimum atomic E-state index is -0.0484. The molecule has 1 saturated heterocycles. The van der Waals surface area contributed by atoms with E-state index < -0.39 is 0 Å². The van der Waals surface area contributed by atoms with E-state index in [1.807, 2.05) is 42.9 Å². The fraction of sp³-hybridized carbons (Fsp3) is 0.381. The Morgan fingerprint density at radius 1 is 1.11 bits per heavy atom. The van der Waals surface area contributed by atoms with Gasteiger partial charge in [-0.25, -0.2) is 0 Å². The molecule has 7 heteroatoms. The summed E-state index contributed by atoms with van der Waals surface area (Å²) < 4.78 is 1.96. The Kier molecular flexibility index (Phi) is 5.17. The number of hydrogen-bond donors (Lipinski definition) is 1. The standard InChI is InChI=1S/C21H25N5OS/c1-14-11-15(2)18(16(3)12-14)22-19(27)17-7-6-10-26(13-17)21-24-23-20(28-21)25-8-4-5-9-25/h4-5,8-9,11-12,17H,6-7,10,13H2,1-3H3,(H,22,27)/t17-/m0/s1. The number of hydrogen-bond acceptors (Lipinski definition) is 5. The van der Waals surface area contributed by atoms with Gasteiger partial charge in [0, 0.05) is 31.2 Å². The number of nitrogens with zero attached hydrogens (tertiary/aromatic N) is 4. The highest BCUT2D eigenvalue weighted by atomic mass is 32.1. The predicted molar refractivity (Wildman–Crippen MR) is 113 cm³/mol. The first-order valence-electron chi connectivity index (χ1n) is 9.62. The van der Waals surface area contributed by atoms with Crippen molar-refractivity contribution in [3.8, 4) is 5.13 Å². The molecule has 6 nitrogen and oxygen atoms in total. The lowest BCUT2D eigenvalue weighted by Gasteiger charge is -2.31. The normalized spacial score (nSPS) is 17.0. The van der Waals surface area contributed by atoms with Crippen LogP contribution in [0.5, 0.6) is 0 Å². The first-order valence-corrected chi connectivity index (χ1v) is 10.4.